The maximum atomic E-state index is 14.1. The van der Waals surface area contributed by atoms with Crippen molar-refractivity contribution in [2.24, 2.45) is 0 Å². The molecule has 96 valence electrons. The van der Waals surface area contributed by atoms with Gasteiger partial charge in [0.05, 0.1) is 25.4 Å². The zero-order valence-corrected chi connectivity index (χ0v) is 10.3. The predicted octanol–water partition coefficient (Wildman–Crippen LogP) is 1.23. The summed E-state index contributed by atoms with van der Waals surface area (Å²) >= 11 is 0. The quantitative estimate of drug-likeness (QED) is 0.789. The lowest BCUT2D eigenvalue weighted by atomic mass is 10.0. The SMILES string of the molecule is CNCC(O)c1ccc(OC)c(COC)c1F. The number of halogens is 1. The van der Waals surface area contributed by atoms with Gasteiger partial charge in [0.25, 0.3) is 0 Å². The smallest absolute Gasteiger partial charge is 0.138 e. The highest BCUT2D eigenvalue weighted by Gasteiger charge is 2.18. The van der Waals surface area contributed by atoms with E-state index < -0.39 is 11.9 Å². The summed E-state index contributed by atoms with van der Waals surface area (Å²) < 4.78 is 24.1. The summed E-state index contributed by atoms with van der Waals surface area (Å²) in [5, 5.41) is 12.6. The molecule has 0 aliphatic rings. The molecule has 0 aliphatic heterocycles. The van der Waals surface area contributed by atoms with E-state index in [-0.39, 0.29) is 18.7 Å². The van der Waals surface area contributed by atoms with Crippen LogP contribution in [0.4, 0.5) is 4.39 Å². The predicted molar refractivity (Wildman–Crippen MR) is 62.6 cm³/mol. The van der Waals surface area contributed by atoms with E-state index in [1.54, 1.807) is 13.1 Å². The number of aliphatic hydroxyl groups excluding tert-OH is 1. The second-order valence-electron chi connectivity index (χ2n) is 3.66. The summed E-state index contributed by atoms with van der Waals surface area (Å²) in [6.45, 7) is 0.394. The monoisotopic (exact) mass is 243 g/mol. The number of aliphatic hydroxyl groups is 1. The average molecular weight is 243 g/mol. The van der Waals surface area contributed by atoms with Crippen LogP contribution in [-0.2, 0) is 11.3 Å². The van der Waals surface area contributed by atoms with Crippen molar-refractivity contribution in [3.63, 3.8) is 0 Å². The van der Waals surface area contributed by atoms with Gasteiger partial charge in [-0.3, -0.25) is 0 Å². The topological polar surface area (TPSA) is 50.7 Å². The van der Waals surface area contributed by atoms with E-state index >= 15 is 0 Å². The van der Waals surface area contributed by atoms with E-state index in [0.717, 1.165) is 0 Å². The summed E-state index contributed by atoms with van der Waals surface area (Å²) in [7, 11) is 4.65. The summed E-state index contributed by atoms with van der Waals surface area (Å²) in [6.07, 6.45) is -0.887. The Morgan fingerprint density at radius 3 is 2.65 bits per heavy atom. The number of rotatable bonds is 6. The summed E-state index contributed by atoms with van der Waals surface area (Å²) in [5.74, 6) is -0.0568. The zero-order valence-electron chi connectivity index (χ0n) is 10.3. The molecular formula is C12H18FNO3. The molecule has 0 spiro atoms. The van der Waals surface area contributed by atoms with Gasteiger partial charge < -0.3 is 19.9 Å². The third kappa shape index (κ3) is 3.15. The number of likely N-dealkylation sites (N-methyl/N-ethyl adjacent to an activating group) is 1. The van der Waals surface area contributed by atoms with E-state index in [1.165, 1.54) is 20.3 Å². The van der Waals surface area contributed by atoms with Gasteiger partial charge in [-0.15, -0.1) is 0 Å². The molecule has 0 aliphatic carbocycles. The first-order valence-corrected chi connectivity index (χ1v) is 5.32. The van der Waals surface area contributed by atoms with Gasteiger partial charge in [0.2, 0.25) is 0 Å². The van der Waals surface area contributed by atoms with Gasteiger partial charge in [0.1, 0.15) is 11.6 Å². The van der Waals surface area contributed by atoms with E-state index in [9.17, 15) is 9.50 Å². The molecule has 1 aromatic carbocycles. The first kappa shape index (κ1) is 13.9. The standard InChI is InChI=1S/C12H18FNO3/c1-14-6-10(15)8-4-5-11(17-3)9(7-16-2)12(8)13/h4-5,10,14-15H,6-7H2,1-3H3. The minimum absolute atomic E-state index is 0.106. The molecule has 0 heterocycles. The van der Waals surface area contributed by atoms with Crippen LogP contribution in [0.15, 0.2) is 12.1 Å². The molecule has 0 saturated heterocycles. The Morgan fingerprint density at radius 2 is 2.12 bits per heavy atom. The van der Waals surface area contributed by atoms with Crippen LogP contribution in [0.2, 0.25) is 0 Å². The fraction of sp³-hybridized carbons (Fsp3) is 0.500. The van der Waals surface area contributed by atoms with Crippen molar-refractivity contribution < 1.29 is 19.0 Å². The Hall–Kier alpha value is -1.17. The molecule has 0 bridgehead atoms. The molecule has 2 N–H and O–H groups in total. The van der Waals surface area contributed by atoms with Gasteiger partial charge in [-0.25, -0.2) is 4.39 Å². The van der Waals surface area contributed by atoms with Crippen LogP contribution in [-0.4, -0.2) is 32.9 Å². The normalized spacial score (nSPS) is 12.5. The molecule has 4 nitrogen and oxygen atoms in total. The molecule has 1 atom stereocenters. The van der Waals surface area contributed by atoms with Gasteiger partial charge in [0, 0.05) is 19.2 Å². The van der Waals surface area contributed by atoms with E-state index in [2.05, 4.69) is 5.32 Å². The van der Waals surface area contributed by atoms with Crippen LogP contribution in [0, 0.1) is 5.82 Å². The Labute approximate surface area is 100 Å². The Balaban J connectivity index is 3.12. The number of methoxy groups -OCH3 is 2. The maximum absolute atomic E-state index is 14.1. The molecular weight excluding hydrogens is 225 g/mol. The molecule has 0 amide bonds. The van der Waals surface area contributed by atoms with Gasteiger partial charge in [-0.2, -0.15) is 0 Å². The number of hydrogen-bond donors (Lipinski definition) is 2. The lowest BCUT2D eigenvalue weighted by Gasteiger charge is -2.16. The Bertz CT molecular complexity index is 371. The van der Waals surface area contributed by atoms with Crippen molar-refractivity contribution in [2.75, 3.05) is 27.8 Å². The third-order valence-corrected chi connectivity index (χ3v) is 2.50. The molecule has 1 unspecified atom stereocenters. The molecule has 0 aromatic heterocycles. The van der Waals surface area contributed by atoms with Crippen molar-refractivity contribution in [3.05, 3.63) is 29.1 Å². The lowest BCUT2D eigenvalue weighted by Crippen LogP contribution is -2.18. The maximum Gasteiger partial charge on any atom is 0.138 e. The highest BCUT2D eigenvalue weighted by Crippen LogP contribution is 2.28. The molecule has 0 saturated carbocycles. The van der Waals surface area contributed by atoms with Crippen molar-refractivity contribution in [2.45, 2.75) is 12.7 Å². The minimum Gasteiger partial charge on any atom is -0.496 e. The molecule has 0 radical (unpaired) electrons. The van der Waals surface area contributed by atoms with E-state index in [4.69, 9.17) is 9.47 Å². The van der Waals surface area contributed by atoms with E-state index in [0.29, 0.717) is 11.3 Å². The minimum atomic E-state index is -0.887. The highest BCUT2D eigenvalue weighted by atomic mass is 19.1. The van der Waals surface area contributed by atoms with Crippen molar-refractivity contribution in [1.82, 2.24) is 5.32 Å². The van der Waals surface area contributed by atoms with Gasteiger partial charge in [-0.05, 0) is 19.2 Å². The number of benzene rings is 1. The highest BCUT2D eigenvalue weighted by molar-refractivity contribution is 5.39. The fourth-order valence-corrected chi connectivity index (χ4v) is 1.65. The van der Waals surface area contributed by atoms with Gasteiger partial charge in [-0.1, -0.05) is 0 Å². The number of hydrogen-bond acceptors (Lipinski definition) is 4. The Kier molecular flexibility index (Phi) is 5.34. The zero-order chi connectivity index (χ0) is 12.8. The van der Waals surface area contributed by atoms with E-state index in [1.807, 2.05) is 0 Å². The second-order valence-corrected chi connectivity index (χ2v) is 3.66. The summed E-state index contributed by atoms with van der Waals surface area (Å²) in [5.41, 5.74) is 0.565. The van der Waals surface area contributed by atoms with Crippen LogP contribution in [0.5, 0.6) is 5.75 Å². The van der Waals surface area contributed by atoms with Crippen molar-refractivity contribution in [3.8, 4) is 5.75 Å². The fourth-order valence-electron chi connectivity index (χ4n) is 1.65. The van der Waals surface area contributed by atoms with Gasteiger partial charge >= 0.3 is 0 Å². The second kappa shape index (κ2) is 6.54. The Morgan fingerprint density at radius 1 is 1.41 bits per heavy atom. The van der Waals surface area contributed by atoms with Crippen molar-refractivity contribution >= 4 is 0 Å². The molecule has 5 heteroatoms. The van der Waals surface area contributed by atoms with Crippen molar-refractivity contribution in [1.29, 1.82) is 0 Å². The molecule has 17 heavy (non-hydrogen) atoms. The largest absolute Gasteiger partial charge is 0.496 e. The molecule has 1 rings (SSSR count). The summed E-state index contributed by atoms with van der Waals surface area (Å²) in [4.78, 5) is 0. The number of ether oxygens (including phenoxy) is 2. The average Bonchev–Trinajstić information content (AvgIpc) is 2.32. The number of nitrogens with one attached hydrogen (secondary N) is 1. The van der Waals surface area contributed by atoms with Crippen LogP contribution in [0.25, 0.3) is 0 Å². The lowest BCUT2D eigenvalue weighted by molar-refractivity contribution is 0.165. The molecule has 1 aromatic rings. The van der Waals surface area contributed by atoms with Crippen LogP contribution >= 0.6 is 0 Å². The van der Waals surface area contributed by atoms with Crippen LogP contribution in [0.1, 0.15) is 17.2 Å². The van der Waals surface area contributed by atoms with Crippen LogP contribution in [0.3, 0.4) is 0 Å². The van der Waals surface area contributed by atoms with Gasteiger partial charge in [0.15, 0.2) is 0 Å². The first-order chi connectivity index (χ1) is 8.15. The third-order valence-electron chi connectivity index (χ3n) is 2.50. The van der Waals surface area contributed by atoms with Crippen LogP contribution < -0.4 is 10.1 Å². The molecule has 0 fully saturated rings. The first-order valence-electron chi connectivity index (χ1n) is 5.32. The summed E-state index contributed by atoms with van der Waals surface area (Å²) in [6, 6.07) is 3.15.